The van der Waals surface area contributed by atoms with E-state index in [1.807, 2.05) is 0 Å². The lowest BCUT2D eigenvalue weighted by molar-refractivity contribution is -0.384. The van der Waals surface area contributed by atoms with E-state index in [1.165, 1.54) is 29.0 Å². The molecule has 0 amide bonds. The second kappa shape index (κ2) is 4.98. The summed E-state index contributed by atoms with van der Waals surface area (Å²) in [6.45, 7) is 1.78. The monoisotopic (exact) mass is 305 g/mol. The van der Waals surface area contributed by atoms with Gasteiger partial charge < -0.3 is 4.74 Å². The zero-order chi connectivity index (χ0) is 15.0. The van der Waals surface area contributed by atoms with Crippen LogP contribution < -0.4 is 4.74 Å². The Bertz CT molecular complexity index is 848. The summed E-state index contributed by atoms with van der Waals surface area (Å²) in [7, 11) is 0. The van der Waals surface area contributed by atoms with Crippen LogP contribution in [0.15, 0.2) is 30.6 Å². The first kappa shape index (κ1) is 13.3. The number of nitro benzene ring substituents is 1. The number of rotatable bonds is 3. The second-order valence-corrected chi connectivity index (χ2v) is 4.59. The first-order valence-electron chi connectivity index (χ1n) is 5.84. The maximum Gasteiger partial charge on any atom is 0.273 e. The van der Waals surface area contributed by atoms with Gasteiger partial charge in [-0.05, 0) is 18.6 Å². The number of aromatic nitrogens is 4. The number of nitro groups is 1. The first-order chi connectivity index (χ1) is 10.0. The van der Waals surface area contributed by atoms with Crippen LogP contribution in [-0.4, -0.2) is 24.5 Å². The fourth-order valence-corrected chi connectivity index (χ4v) is 1.92. The molecule has 0 fully saturated rings. The van der Waals surface area contributed by atoms with Gasteiger partial charge in [-0.2, -0.15) is 19.6 Å². The van der Waals surface area contributed by atoms with Gasteiger partial charge in [0.05, 0.1) is 11.0 Å². The molecule has 0 saturated carbocycles. The third kappa shape index (κ3) is 2.48. The van der Waals surface area contributed by atoms with E-state index >= 15 is 0 Å². The van der Waals surface area contributed by atoms with Gasteiger partial charge in [0.25, 0.3) is 11.5 Å². The molecule has 2 aromatic heterocycles. The van der Waals surface area contributed by atoms with Crippen LogP contribution in [0.1, 0.15) is 5.56 Å². The van der Waals surface area contributed by atoms with E-state index in [0.29, 0.717) is 5.75 Å². The van der Waals surface area contributed by atoms with E-state index in [9.17, 15) is 10.1 Å². The molecule has 1 aromatic carbocycles. The maximum absolute atomic E-state index is 10.8. The Morgan fingerprint density at radius 2 is 2.19 bits per heavy atom. The van der Waals surface area contributed by atoms with E-state index in [0.717, 1.165) is 5.56 Å². The largest absolute Gasteiger partial charge is 0.438 e. The summed E-state index contributed by atoms with van der Waals surface area (Å²) in [4.78, 5) is 18.2. The highest BCUT2D eigenvalue weighted by Gasteiger charge is 2.13. The van der Waals surface area contributed by atoms with Crippen LogP contribution in [0.5, 0.6) is 11.6 Å². The Labute approximate surface area is 123 Å². The van der Waals surface area contributed by atoms with Crippen molar-refractivity contribution in [2.45, 2.75) is 6.92 Å². The normalized spacial score (nSPS) is 10.8. The third-order valence-corrected chi connectivity index (χ3v) is 2.98. The number of nitrogens with zero attached hydrogens (tertiary/aromatic N) is 5. The standard InChI is InChI=1S/C12H8ClN5O3/c1-7-2-3-8(18(19)20)4-9(7)21-11-5-10(13)16-12-14-6-15-17(11)12/h2-6H,1H3. The molecule has 0 spiro atoms. The topological polar surface area (TPSA) is 95.5 Å². The number of hydrogen-bond acceptors (Lipinski definition) is 6. The molecular formula is C12H8ClN5O3. The van der Waals surface area contributed by atoms with Crippen molar-refractivity contribution in [2.24, 2.45) is 0 Å². The molecule has 106 valence electrons. The summed E-state index contributed by atoms with van der Waals surface area (Å²) >= 11 is 5.89. The Morgan fingerprint density at radius 1 is 1.38 bits per heavy atom. The molecule has 9 heteroatoms. The van der Waals surface area contributed by atoms with E-state index < -0.39 is 4.92 Å². The molecule has 0 N–H and O–H groups in total. The number of aryl methyl sites for hydroxylation is 1. The Kier molecular flexibility index (Phi) is 3.15. The lowest BCUT2D eigenvalue weighted by Crippen LogP contribution is -1.99. The minimum Gasteiger partial charge on any atom is -0.438 e. The SMILES string of the molecule is Cc1ccc([N+](=O)[O-])cc1Oc1cc(Cl)nc2ncnn12. The Morgan fingerprint density at radius 3 is 2.95 bits per heavy atom. The smallest absolute Gasteiger partial charge is 0.273 e. The number of fused-ring (bicyclic) bond motifs is 1. The van der Waals surface area contributed by atoms with Crippen LogP contribution in [0, 0.1) is 17.0 Å². The molecule has 0 aliphatic rings. The fourth-order valence-electron chi connectivity index (χ4n) is 1.76. The van der Waals surface area contributed by atoms with Gasteiger partial charge >= 0.3 is 0 Å². The Hall–Kier alpha value is -2.74. The highest BCUT2D eigenvalue weighted by Crippen LogP contribution is 2.29. The van der Waals surface area contributed by atoms with Crippen LogP contribution in [0.4, 0.5) is 5.69 Å². The van der Waals surface area contributed by atoms with Gasteiger partial charge in [-0.3, -0.25) is 10.1 Å². The number of halogens is 1. The van der Waals surface area contributed by atoms with Crippen LogP contribution in [0.2, 0.25) is 5.15 Å². The highest BCUT2D eigenvalue weighted by molar-refractivity contribution is 6.29. The van der Waals surface area contributed by atoms with Gasteiger partial charge in [-0.25, -0.2) is 0 Å². The quantitative estimate of drug-likeness (QED) is 0.419. The van der Waals surface area contributed by atoms with E-state index in [-0.39, 0.29) is 22.5 Å². The van der Waals surface area contributed by atoms with Crippen molar-refractivity contribution in [1.82, 2.24) is 19.6 Å². The number of ether oxygens (including phenoxy) is 1. The molecule has 0 unspecified atom stereocenters. The fraction of sp³-hybridized carbons (Fsp3) is 0.0833. The van der Waals surface area contributed by atoms with E-state index in [1.54, 1.807) is 13.0 Å². The average Bonchev–Trinajstić information content (AvgIpc) is 2.89. The first-order valence-corrected chi connectivity index (χ1v) is 6.21. The Balaban J connectivity index is 2.08. The molecule has 0 radical (unpaired) electrons. The summed E-state index contributed by atoms with van der Waals surface area (Å²) in [6, 6.07) is 5.81. The van der Waals surface area contributed by atoms with Crippen molar-refractivity contribution < 1.29 is 9.66 Å². The summed E-state index contributed by atoms with van der Waals surface area (Å²) in [5, 5.41) is 15.0. The molecule has 0 aliphatic heterocycles. The zero-order valence-corrected chi connectivity index (χ0v) is 11.5. The van der Waals surface area contributed by atoms with Crippen molar-refractivity contribution in [3.05, 3.63) is 51.4 Å². The van der Waals surface area contributed by atoms with Crippen LogP contribution in [-0.2, 0) is 0 Å². The molecule has 0 saturated heterocycles. The van der Waals surface area contributed by atoms with Gasteiger partial charge in [0.2, 0.25) is 5.88 Å². The summed E-state index contributed by atoms with van der Waals surface area (Å²) < 4.78 is 7.04. The summed E-state index contributed by atoms with van der Waals surface area (Å²) in [5.74, 6) is 0.884. The van der Waals surface area contributed by atoms with Crippen molar-refractivity contribution in [1.29, 1.82) is 0 Å². The van der Waals surface area contributed by atoms with E-state index in [4.69, 9.17) is 16.3 Å². The van der Waals surface area contributed by atoms with Crippen molar-refractivity contribution in [3.63, 3.8) is 0 Å². The second-order valence-electron chi connectivity index (χ2n) is 4.20. The lowest BCUT2D eigenvalue weighted by Gasteiger charge is -2.09. The summed E-state index contributed by atoms with van der Waals surface area (Å²) in [5.41, 5.74) is 0.674. The minimum absolute atomic E-state index is 0.0643. The molecule has 3 rings (SSSR count). The number of hydrogen-bond donors (Lipinski definition) is 0. The molecule has 3 aromatic rings. The van der Waals surface area contributed by atoms with Crippen LogP contribution in [0.25, 0.3) is 5.78 Å². The molecule has 0 aliphatic carbocycles. The molecule has 0 atom stereocenters. The van der Waals surface area contributed by atoms with E-state index in [2.05, 4.69) is 15.1 Å². The molecule has 0 bridgehead atoms. The number of benzene rings is 1. The van der Waals surface area contributed by atoms with Crippen molar-refractivity contribution in [3.8, 4) is 11.6 Å². The lowest BCUT2D eigenvalue weighted by atomic mass is 10.2. The molecule has 21 heavy (non-hydrogen) atoms. The van der Waals surface area contributed by atoms with Crippen LogP contribution >= 0.6 is 11.6 Å². The predicted octanol–water partition coefficient (Wildman–Crippen LogP) is 2.79. The number of non-ortho nitro benzene ring substituents is 1. The minimum atomic E-state index is -0.489. The zero-order valence-electron chi connectivity index (χ0n) is 10.7. The molecular weight excluding hydrogens is 298 g/mol. The summed E-state index contributed by atoms with van der Waals surface area (Å²) in [6.07, 6.45) is 1.31. The average molecular weight is 306 g/mol. The van der Waals surface area contributed by atoms with Gasteiger partial charge in [0, 0.05) is 12.1 Å². The van der Waals surface area contributed by atoms with Gasteiger partial charge in [-0.1, -0.05) is 11.6 Å². The van der Waals surface area contributed by atoms with Crippen LogP contribution in [0.3, 0.4) is 0 Å². The van der Waals surface area contributed by atoms with Gasteiger partial charge in [0.1, 0.15) is 17.2 Å². The van der Waals surface area contributed by atoms with Crippen molar-refractivity contribution >= 4 is 23.1 Å². The highest BCUT2D eigenvalue weighted by atomic mass is 35.5. The molecule has 8 nitrogen and oxygen atoms in total. The van der Waals surface area contributed by atoms with Gasteiger partial charge in [0.15, 0.2) is 0 Å². The third-order valence-electron chi connectivity index (χ3n) is 2.78. The predicted molar refractivity (Wildman–Crippen MR) is 73.7 cm³/mol. The van der Waals surface area contributed by atoms with Gasteiger partial charge in [-0.15, -0.1) is 0 Å². The maximum atomic E-state index is 10.8. The molecule has 2 heterocycles. The van der Waals surface area contributed by atoms with Crippen molar-refractivity contribution in [2.75, 3.05) is 0 Å².